The Balaban J connectivity index is 1.38. The molecule has 30 heavy (non-hydrogen) atoms. The zero-order valence-corrected chi connectivity index (χ0v) is 17.8. The minimum atomic E-state index is -0.0164. The highest BCUT2D eigenvalue weighted by molar-refractivity contribution is 6.32. The topological polar surface area (TPSA) is 42.4 Å². The van der Waals surface area contributed by atoms with E-state index in [1.54, 1.807) is 12.1 Å². The Morgan fingerprint density at radius 2 is 1.77 bits per heavy atom. The number of amides is 1. The molecule has 1 fully saturated rings. The van der Waals surface area contributed by atoms with E-state index in [0.29, 0.717) is 28.1 Å². The van der Waals surface area contributed by atoms with Crippen molar-refractivity contribution in [3.8, 4) is 5.75 Å². The van der Waals surface area contributed by atoms with Crippen LogP contribution in [0.2, 0.25) is 5.02 Å². The number of ether oxygens (including phenoxy) is 1. The molecule has 4 rings (SSSR count). The summed E-state index contributed by atoms with van der Waals surface area (Å²) in [7, 11) is 0. The quantitative estimate of drug-likeness (QED) is 0.536. The van der Waals surface area contributed by atoms with Gasteiger partial charge in [-0.05, 0) is 55.0 Å². The summed E-state index contributed by atoms with van der Waals surface area (Å²) in [6.07, 6.45) is 1.95. The standard InChI is InChI=1S/C25H25ClN2O2/c1-18-7-5-11-22(26)24(18)30-17-21-10-6-12-23(27-21)25(29)28-15-13-20(14-16-28)19-8-3-2-4-9-19/h2-12,20H,13-17H2,1H3. The summed E-state index contributed by atoms with van der Waals surface area (Å²) in [6.45, 7) is 3.72. The first kappa shape index (κ1) is 20.4. The SMILES string of the molecule is Cc1cccc(Cl)c1OCc1cccc(C(=O)N2CCC(c3ccccc3)CC2)n1. The molecular formula is C25H25ClN2O2. The van der Waals surface area contributed by atoms with E-state index in [4.69, 9.17) is 16.3 Å². The first-order valence-electron chi connectivity index (χ1n) is 10.3. The summed E-state index contributed by atoms with van der Waals surface area (Å²) in [5.41, 5.74) is 3.50. The van der Waals surface area contributed by atoms with Crippen molar-refractivity contribution in [2.75, 3.05) is 13.1 Å². The third kappa shape index (κ3) is 4.65. The zero-order chi connectivity index (χ0) is 20.9. The Bertz CT molecular complexity index is 994. The molecule has 0 N–H and O–H groups in total. The number of halogens is 1. The van der Waals surface area contributed by atoms with E-state index < -0.39 is 0 Å². The van der Waals surface area contributed by atoms with Crippen molar-refractivity contribution >= 4 is 17.5 Å². The van der Waals surface area contributed by atoms with Gasteiger partial charge in [-0.15, -0.1) is 0 Å². The number of aryl methyl sites for hydroxylation is 1. The first-order chi connectivity index (χ1) is 14.6. The third-order valence-electron chi connectivity index (χ3n) is 5.61. The van der Waals surface area contributed by atoms with Gasteiger partial charge in [0, 0.05) is 13.1 Å². The number of likely N-dealkylation sites (tertiary alicyclic amines) is 1. The van der Waals surface area contributed by atoms with Crippen molar-refractivity contribution in [1.82, 2.24) is 9.88 Å². The summed E-state index contributed by atoms with van der Waals surface area (Å²) in [5, 5.41) is 0.573. The molecule has 2 aromatic carbocycles. The number of pyridine rings is 1. The number of hydrogen-bond acceptors (Lipinski definition) is 3. The molecule has 3 aromatic rings. The summed E-state index contributed by atoms with van der Waals surface area (Å²) in [4.78, 5) is 19.4. The van der Waals surface area contributed by atoms with Crippen molar-refractivity contribution in [1.29, 1.82) is 0 Å². The maximum Gasteiger partial charge on any atom is 0.272 e. The molecule has 154 valence electrons. The van der Waals surface area contributed by atoms with Crippen LogP contribution in [0.3, 0.4) is 0 Å². The minimum absolute atomic E-state index is 0.0164. The normalized spacial score (nSPS) is 14.5. The summed E-state index contributed by atoms with van der Waals surface area (Å²) in [6, 6.07) is 21.7. The van der Waals surface area contributed by atoms with E-state index in [-0.39, 0.29) is 12.5 Å². The van der Waals surface area contributed by atoms with Crippen LogP contribution in [0, 0.1) is 6.92 Å². The fraction of sp³-hybridized carbons (Fsp3) is 0.280. The second-order valence-electron chi connectivity index (χ2n) is 7.67. The number of hydrogen-bond donors (Lipinski definition) is 0. The number of carbonyl (C=O) groups is 1. The number of rotatable bonds is 5. The van der Waals surface area contributed by atoms with Gasteiger partial charge in [-0.25, -0.2) is 4.98 Å². The monoisotopic (exact) mass is 420 g/mol. The summed E-state index contributed by atoms with van der Waals surface area (Å²) >= 11 is 6.23. The van der Waals surface area contributed by atoms with Crippen LogP contribution in [-0.4, -0.2) is 28.9 Å². The van der Waals surface area contributed by atoms with Crippen LogP contribution < -0.4 is 4.74 Å². The van der Waals surface area contributed by atoms with Gasteiger partial charge in [-0.2, -0.15) is 0 Å². The van der Waals surface area contributed by atoms with Crippen LogP contribution >= 0.6 is 11.6 Å². The fourth-order valence-electron chi connectivity index (χ4n) is 3.93. The molecular weight excluding hydrogens is 396 g/mol. The van der Waals surface area contributed by atoms with E-state index >= 15 is 0 Å². The van der Waals surface area contributed by atoms with Gasteiger partial charge >= 0.3 is 0 Å². The Morgan fingerprint density at radius 3 is 2.50 bits per heavy atom. The second-order valence-corrected chi connectivity index (χ2v) is 8.07. The molecule has 0 bridgehead atoms. The van der Waals surface area contributed by atoms with Crippen molar-refractivity contribution in [3.63, 3.8) is 0 Å². The predicted octanol–water partition coefficient (Wildman–Crippen LogP) is 5.64. The molecule has 1 saturated heterocycles. The Labute approximate surface area is 182 Å². The van der Waals surface area contributed by atoms with E-state index in [1.165, 1.54) is 5.56 Å². The van der Waals surface area contributed by atoms with E-state index in [9.17, 15) is 4.79 Å². The van der Waals surface area contributed by atoms with Crippen molar-refractivity contribution in [2.24, 2.45) is 0 Å². The van der Waals surface area contributed by atoms with Gasteiger partial charge in [0.15, 0.2) is 0 Å². The summed E-state index contributed by atoms with van der Waals surface area (Å²) in [5.74, 6) is 1.15. The van der Waals surface area contributed by atoms with Crippen LogP contribution in [0.25, 0.3) is 0 Å². The smallest absolute Gasteiger partial charge is 0.272 e. The van der Waals surface area contributed by atoms with Crippen molar-refractivity contribution in [3.05, 3.63) is 94.3 Å². The van der Waals surface area contributed by atoms with Crippen LogP contribution in [0.1, 0.15) is 46.1 Å². The minimum Gasteiger partial charge on any atom is -0.485 e. The van der Waals surface area contributed by atoms with Crippen LogP contribution in [0.5, 0.6) is 5.75 Å². The van der Waals surface area contributed by atoms with Gasteiger partial charge in [-0.1, -0.05) is 60.1 Å². The number of carbonyl (C=O) groups excluding carboxylic acids is 1. The molecule has 0 aliphatic carbocycles. The molecule has 5 heteroatoms. The molecule has 1 aromatic heterocycles. The van der Waals surface area contributed by atoms with Crippen LogP contribution in [0.15, 0.2) is 66.7 Å². The van der Waals surface area contributed by atoms with Crippen molar-refractivity contribution in [2.45, 2.75) is 32.3 Å². The molecule has 4 nitrogen and oxygen atoms in total. The molecule has 0 atom stereocenters. The fourth-order valence-corrected chi connectivity index (χ4v) is 4.20. The molecule has 1 aliphatic heterocycles. The number of aromatic nitrogens is 1. The molecule has 1 aliphatic rings. The van der Waals surface area contributed by atoms with Crippen molar-refractivity contribution < 1.29 is 9.53 Å². The largest absolute Gasteiger partial charge is 0.485 e. The van der Waals surface area contributed by atoms with E-state index in [1.807, 2.05) is 42.2 Å². The lowest BCUT2D eigenvalue weighted by Gasteiger charge is -2.32. The lowest BCUT2D eigenvalue weighted by molar-refractivity contribution is 0.0706. The second kappa shape index (κ2) is 9.31. The Kier molecular flexibility index (Phi) is 6.34. The van der Waals surface area contributed by atoms with Gasteiger partial charge in [-0.3, -0.25) is 4.79 Å². The number of para-hydroxylation sites is 1. The maximum absolute atomic E-state index is 13.0. The molecule has 1 amide bonds. The molecule has 0 radical (unpaired) electrons. The van der Waals surface area contributed by atoms with Gasteiger partial charge in [0.05, 0.1) is 10.7 Å². The van der Waals surface area contributed by atoms with Gasteiger partial charge in [0.25, 0.3) is 5.91 Å². The Morgan fingerprint density at radius 1 is 1.03 bits per heavy atom. The van der Waals surface area contributed by atoms with E-state index in [2.05, 4.69) is 29.2 Å². The zero-order valence-electron chi connectivity index (χ0n) is 17.1. The molecule has 0 unspecified atom stereocenters. The van der Waals surface area contributed by atoms with Gasteiger partial charge < -0.3 is 9.64 Å². The molecule has 2 heterocycles. The van der Waals surface area contributed by atoms with Crippen LogP contribution in [0.4, 0.5) is 0 Å². The molecule has 0 spiro atoms. The van der Waals surface area contributed by atoms with E-state index in [0.717, 1.165) is 31.5 Å². The summed E-state index contributed by atoms with van der Waals surface area (Å²) < 4.78 is 5.88. The van der Waals surface area contributed by atoms with Crippen LogP contribution in [-0.2, 0) is 6.61 Å². The number of piperidine rings is 1. The highest BCUT2D eigenvalue weighted by Gasteiger charge is 2.25. The average molecular weight is 421 g/mol. The lowest BCUT2D eigenvalue weighted by atomic mass is 9.89. The Hall–Kier alpha value is -2.85. The first-order valence-corrected chi connectivity index (χ1v) is 10.7. The highest BCUT2D eigenvalue weighted by atomic mass is 35.5. The number of nitrogens with zero attached hydrogens (tertiary/aromatic N) is 2. The highest BCUT2D eigenvalue weighted by Crippen LogP contribution is 2.29. The van der Waals surface area contributed by atoms with Gasteiger partial charge in [0.2, 0.25) is 0 Å². The molecule has 0 saturated carbocycles. The predicted molar refractivity (Wildman–Crippen MR) is 119 cm³/mol. The maximum atomic E-state index is 13.0. The lowest BCUT2D eigenvalue weighted by Crippen LogP contribution is -2.38. The number of benzene rings is 2. The average Bonchev–Trinajstić information content (AvgIpc) is 2.79. The van der Waals surface area contributed by atoms with Gasteiger partial charge in [0.1, 0.15) is 18.1 Å². The third-order valence-corrected chi connectivity index (χ3v) is 5.90.